The van der Waals surface area contributed by atoms with Crippen molar-refractivity contribution < 1.29 is 0 Å². The van der Waals surface area contributed by atoms with Crippen LogP contribution >= 0.6 is 12.4 Å². The summed E-state index contributed by atoms with van der Waals surface area (Å²) in [5.74, 6) is 0. The lowest BCUT2D eigenvalue weighted by Gasteiger charge is -2.32. The SMILES string of the molecule is Cl.NC1(Cn2nccn2)CCCCC1. The quantitative estimate of drug-likeness (QED) is 0.812. The Labute approximate surface area is 90.3 Å². The highest BCUT2D eigenvalue weighted by Gasteiger charge is 2.28. The molecule has 0 amide bonds. The Morgan fingerprint density at radius 2 is 1.71 bits per heavy atom. The number of nitrogens with two attached hydrogens (primary N) is 1. The number of hydrogen-bond acceptors (Lipinski definition) is 3. The largest absolute Gasteiger partial charge is 0.323 e. The highest BCUT2D eigenvalue weighted by molar-refractivity contribution is 5.85. The van der Waals surface area contributed by atoms with Crippen LogP contribution in [-0.4, -0.2) is 20.5 Å². The van der Waals surface area contributed by atoms with E-state index in [9.17, 15) is 0 Å². The fourth-order valence-electron chi connectivity index (χ4n) is 2.02. The summed E-state index contributed by atoms with van der Waals surface area (Å²) < 4.78 is 0. The molecule has 0 bridgehead atoms. The lowest BCUT2D eigenvalue weighted by Crippen LogP contribution is -2.46. The van der Waals surface area contributed by atoms with Gasteiger partial charge in [0.15, 0.2) is 0 Å². The first kappa shape index (κ1) is 11.5. The summed E-state index contributed by atoms with van der Waals surface area (Å²) in [5, 5.41) is 8.16. The van der Waals surface area contributed by atoms with Crippen LogP contribution in [0.4, 0.5) is 0 Å². The van der Waals surface area contributed by atoms with E-state index in [2.05, 4.69) is 10.2 Å². The highest BCUT2D eigenvalue weighted by atomic mass is 35.5. The Bertz CT molecular complexity index is 254. The molecule has 5 heteroatoms. The average molecular weight is 217 g/mol. The second-order valence-electron chi connectivity index (χ2n) is 3.98. The number of aromatic nitrogens is 3. The molecule has 1 aliphatic carbocycles. The molecule has 0 aromatic carbocycles. The molecule has 0 atom stereocenters. The summed E-state index contributed by atoms with van der Waals surface area (Å²) in [6.45, 7) is 0.764. The van der Waals surface area contributed by atoms with Crippen LogP contribution in [-0.2, 0) is 6.54 Å². The topological polar surface area (TPSA) is 56.7 Å². The molecule has 1 fully saturated rings. The molecule has 1 aromatic heterocycles. The number of rotatable bonds is 2. The monoisotopic (exact) mass is 216 g/mol. The normalized spacial score (nSPS) is 20.1. The number of halogens is 1. The predicted octanol–water partition coefficient (Wildman–Crippen LogP) is 1.36. The zero-order chi connectivity index (χ0) is 9.15. The summed E-state index contributed by atoms with van der Waals surface area (Å²) in [6.07, 6.45) is 9.43. The van der Waals surface area contributed by atoms with Crippen LogP contribution in [0.3, 0.4) is 0 Å². The van der Waals surface area contributed by atoms with Crippen molar-refractivity contribution in [2.75, 3.05) is 0 Å². The fraction of sp³-hybridized carbons (Fsp3) is 0.778. The molecule has 2 N–H and O–H groups in total. The Kier molecular flexibility index (Phi) is 3.89. The number of hydrogen-bond donors (Lipinski definition) is 1. The van der Waals surface area contributed by atoms with E-state index in [0.717, 1.165) is 19.4 Å². The molecular formula is C9H17ClN4. The predicted molar refractivity (Wildman–Crippen MR) is 57.3 cm³/mol. The molecule has 0 saturated heterocycles. The molecule has 4 nitrogen and oxygen atoms in total. The van der Waals surface area contributed by atoms with Gasteiger partial charge in [0.05, 0.1) is 18.9 Å². The third kappa shape index (κ3) is 2.69. The van der Waals surface area contributed by atoms with E-state index in [4.69, 9.17) is 5.73 Å². The molecule has 0 aliphatic heterocycles. The average Bonchev–Trinajstić information content (AvgIpc) is 2.57. The molecule has 1 aliphatic rings. The van der Waals surface area contributed by atoms with E-state index in [1.807, 2.05) is 0 Å². The van der Waals surface area contributed by atoms with Crippen molar-refractivity contribution in [2.24, 2.45) is 5.73 Å². The van der Waals surface area contributed by atoms with Crippen LogP contribution < -0.4 is 5.73 Å². The molecule has 2 rings (SSSR count). The molecule has 80 valence electrons. The summed E-state index contributed by atoms with van der Waals surface area (Å²) in [7, 11) is 0. The van der Waals surface area contributed by atoms with Crippen LogP contribution in [0, 0.1) is 0 Å². The molecular weight excluding hydrogens is 200 g/mol. The smallest absolute Gasteiger partial charge is 0.0786 e. The summed E-state index contributed by atoms with van der Waals surface area (Å²) in [5.41, 5.74) is 6.19. The minimum absolute atomic E-state index is 0. The molecule has 14 heavy (non-hydrogen) atoms. The van der Waals surface area contributed by atoms with Crippen LogP contribution in [0.5, 0.6) is 0 Å². The van der Waals surface area contributed by atoms with E-state index in [1.165, 1.54) is 19.3 Å². The third-order valence-corrected chi connectivity index (χ3v) is 2.77. The maximum Gasteiger partial charge on any atom is 0.0786 e. The second-order valence-corrected chi connectivity index (χ2v) is 3.98. The summed E-state index contributed by atoms with van der Waals surface area (Å²) >= 11 is 0. The van der Waals surface area contributed by atoms with Crippen LogP contribution in [0.1, 0.15) is 32.1 Å². The molecule has 1 aromatic rings. The van der Waals surface area contributed by atoms with E-state index < -0.39 is 0 Å². The first-order chi connectivity index (χ1) is 6.29. The van der Waals surface area contributed by atoms with Crippen molar-refractivity contribution in [3.8, 4) is 0 Å². The van der Waals surface area contributed by atoms with Gasteiger partial charge >= 0.3 is 0 Å². The zero-order valence-electron chi connectivity index (χ0n) is 8.22. The fourth-order valence-corrected chi connectivity index (χ4v) is 2.02. The minimum Gasteiger partial charge on any atom is -0.323 e. The van der Waals surface area contributed by atoms with Gasteiger partial charge in [-0.15, -0.1) is 12.4 Å². The van der Waals surface area contributed by atoms with Gasteiger partial charge in [-0.1, -0.05) is 19.3 Å². The summed E-state index contributed by atoms with van der Waals surface area (Å²) in [6, 6.07) is 0. The molecule has 0 unspecified atom stereocenters. The summed E-state index contributed by atoms with van der Waals surface area (Å²) in [4.78, 5) is 1.70. The van der Waals surface area contributed by atoms with Crippen molar-refractivity contribution >= 4 is 12.4 Å². The highest BCUT2D eigenvalue weighted by Crippen LogP contribution is 2.26. The third-order valence-electron chi connectivity index (χ3n) is 2.77. The van der Waals surface area contributed by atoms with Gasteiger partial charge in [0.2, 0.25) is 0 Å². The Balaban J connectivity index is 0.000000980. The van der Waals surface area contributed by atoms with Gasteiger partial charge < -0.3 is 5.73 Å². The lowest BCUT2D eigenvalue weighted by atomic mass is 9.83. The second kappa shape index (κ2) is 4.75. The van der Waals surface area contributed by atoms with Crippen LogP contribution in [0.15, 0.2) is 12.4 Å². The van der Waals surface area contributed by atoms with Gasteiger partial charge in [-0.25, -0.2) is 0 Å². The molecule has 1 saturated carbocycles. The van der Waals surface area contributed by atoms with Gasteiger partial charge in [-0.3, -0.25) is 0 Å². The van der Waals surface area contributed by atoms with E-state index in [-0.39, 0.29) is 17.9 Å². The number of nitrogens with zero attached hydrogens (tertiary/aromatic N) is 3. The van der Waals surface area contributed by atoms with Gasteiger partial charge in [-0.05, 0) is 12.8 Å². The Hall–Kier alpha value is -0.610. The van der Waals surface area contributed by atoms with Gasteiger partial charge in [0, 0.05) is 5.54 Å². The van der Waals surface area contributed by atoms with E-state index in [0.29, 0.717) is 0 Å². The lowest BCUT2D eigenvalue weighted by molar-refractivity contribution is 0.240. The van der Waals surface area contributed by atoms with Crippen molar-refractivity contribution in [1.29, 1.82) is 0 Å². The van der Waals surface area contributed by atoms with Crippen molar-refractivity contribution in [3.63, 3.8) is 0 Å². The molecule has 1 heterocycles. The van der Waals surface area contributed by atoms with E-state index >= 15 is 0 Å². The maximum atomic E-state index is 6.25. The maximum absolute atomic E-state index is 6.25. The molecule has 0 radical (unpaired) electrons. The van der Waals surface area contributed by atoms with Crippen molar-refractivity contribution in [2.45, 2.75) is 44.2 Å². The Morgan fingerprint density at radius 3 is 2.29 bits per heavy atom. The van der Waals surface area contributed by atoms with E-state index in [1.54, 1.807) is 17.2 Å². The Morgan fingerprint density at radius 1 is 1.14 bits per heavy atom. The van der Waals surface area contributed by atoms with Gasteiger partial charge in [-0.2, -0.15) is 15.0 Å². The van der Waals surface area contributed by atoms with Crippen LogP contribution in [0.25, 0.3) is 0 Å². The first-order valence-electron chi connectivity index (χ1n) is 4.92. The standard InChI is InChI=1S/C9H16N4.ClH/c10-9(4-2-1-3-5-9)8-13-11-6-7-12-13;/h6-7H,1-5,8,10H2;1H. The van der Waals surface area contributed by atoms with Crippen LogP contribution in [0.2, 0.25) is 0 Å². The van der Waals surface area contributed by atoms with Gasteiger partial charge in [0.25, 0.3) is 0 Å². The minimum atomic E-state index is -0.0583. The zero-order valence-corrected chi connectivity index (χ0v) is 9.04. The van der Waals surface area contributed by atoms with Crippen molar-refractivity contribution in [3.05, 3.63) is 12.4 Å². The van der Waals surface area contributed by atoms with Gasteiger partial charge in [0.1, 0.15) is 0 Å². The molecule has 0 spiro atoms. The first-order valence-corrected chi connectivity index (χ1v) is 4.92. The van der Waals surface area contributed by atoms with Crippen molar-refractivity contribution in [1.82, 2.24) is 15.0 Å².